The average Bonchev–Trinajstić information content (AvgIpc) is 2.66. The maximum Gasteiger partial charge on any atom is 0.251 e. The number of rotatable bonds is 5. The van der Waals surface area contributed by atoms with Crippen molar-refractivity contribution in [2.24, 2.45) is 0 Å². The van der Waals surface area contributed by atoms with Crippen LogP contribution in [0, 0.1) is 0 Å². The number of aliphatic hydroxyl groups is 1. The van der Waals surface area contributed by atoms with Gasteiger partial charge in [-0.25, -0.2) is 0 Å². The van der Waals surface area contributed by atoms with Crippen molar-refractivity contribution in [2.75, 3.05) is 32.6 Å². The van der Waals surface area contributed by atoms with E-state index in [1.54, 1.807) is 19.2 Å². The van der Waals surface area contributed by atoms with Crippen LogP contribution >= 0.6 is 0 Å². The molecular weight excluding hydrogens is 328 g/mol. The fraction of sp³-hybridized carbons (Fsp3) is 0.381. The van der Waals surface area contributed by atoms with E-state index in [-0.39, 0.29) is 12.5 Å². The summed E-state index contributed by atoms with van der Waals surface area (Å²) in [6.45, 7) is 0.195. The number of anilines is 1. The predicted molar refractivity (Wildman–Crippen MR) is 103 cm³/mol. The molecule has 0 spiro atoms. The Kier molecular flexibility index (Phi) is 5.18. The highest BCUT2D eigenvalue weighted by Gasteiger charge is 2.34. The number of benzene rings is 2. The number of methoxy groups -OCH3 is 1. The smallest absolute Gasteiger partial charge is 0.251 e. The summed E-state index contributed by atoms with van der Waals surface area (Å²) in [6, 6.07) is 13.2. The first-order chi connectivity index (χ1) is 12.4. The zero-order valence-electron chi connectivity index (χ0n) is 15.6. The molecule has 0 bridgehead atoms. The lowest BCUT2D eigenvalue weighted by atomic mass is 9.79. The lowest BCUT2D eigenvalue weighted by molar-refractivity contribution is 0.0189. The highest BCUT2D eigenvalue weighted by Crippen LogP contribution is 2.36. The zero-order chi connectivity index (χ0) is 18.7. The van der Waals surface area contributed by atoms with Crippen molar-refractivity contribution in [3.05, 3.63) is 59.2 Å². The third-order valence-corrected chi connectivity index (χ3v) is 5.04. The molecule has 1 aliphatic carbocycles. The molecule has 0 saturated heterocycles. The van der Waals surface area contributed by atoms with E-state index in [0.717, 1.165) is 35.4 Å². The molecule has 2 N–H and O–H groups in total. The number of hydrogen-bond acceptors (Lipinski definition) is 4. The van der Waals surface area contributed by atoms with Crippen LogP contribution in [0.15, 0.2) is 42.5 Å². The maximum atomic E-state index is 12.5. The van der Waals surface area contributed by atoms with Crippen molar-refractivity contribution in [1.29, 1.82) is 0 Å². The van der Waals surface area contributed by atoms with Crippen molar-refractivity contribution in [1.82, 2.24) is 5.32 Å². The number of nitrogens with zero attached hydrogens (tertiary/aromatic N) is 1. The molecule has 1 amide bonds. The van der Waals surface area contributed by atoms with Gasteiger partial charge in [-0.3, -0.25) is 4.79 Å². The predicted octanol–water partition coefficient (Wildman–Crippen LogP) is 2.72. The first-order valence-electron chi connectivity index (χ1n) is 8.88. The van der Waals surface area contributed by atoms with Crippen LogP contribution in [0.3, 0.4) is 0 Å². The Morgan fingerprint density at radius 3 is 2.62 bits per heavy atom. The van der Waals surface area contributed by atoms with Gasteiger partial charge in [0.05, 0.1) is 13.7 Å². The summed E-state index contributed by atoms with van der Waals surface area (Å²) in [7, 11) is 5.55. The second kappa shape index (κ2) is 7.38. The Bertz CT molecular complexity index is 786. The van der Waals surface area contributed by atoms with Gasteiger partial charge in [0.1, 0.15) is 11.4 Å². The third kappa shape index (κ3) is 3.68. The topological polar surface area (TPSA) is 61.8 Å². The van der Waals surface area contributed by atoms with Gasteiger partial charge in [0, 0.05) is 25.3 Å². The van der Waals surface area contributed by atoms with E-state index in [9.17, 15) is 9.90 Å². The molecule has 2 aromatic carbocycles. The molecule has 0 radical (unpaired) electrons. The van der Waals surface area contributed by atoms with Gasteiger partial charge in [0.2, 0.25) is 0 Å². The molecule has 1 unspecified atom stereocenters. The van der Waals surface area contributed by atoms with Gasteiger partial charge >= 0.3 is 0 Å². The molecule has 138 valence electrons. The largest absolute Gasteiger partial charge is 0.497 e. The quantitative estimate of drug-likeness (QED) is 0.867. The van der Waals surface area contributed by atoms with Crippen LogP contribution in [-0.4, -0.2) is 38.8 Å². The maximum absolute atomic E-state index is 12.5. The summed E-state index contributed by atoms with van der Waals surface area (Å²) in [5.74, 6) is 0.613. The van der Waals surface area contributed by atoms with Crippen molar-refractivity contribution >= 4 is 11.6 Å². The molecule has 1 atom stereocenters. The molecule has 0 aliphatic heterocycles. The van der Waals surface area contributed by atoms with Gasteiger partial charge in [0.15, 0.2) is 0 Å². The van der Waals surface area contributed by atoms with E-state index in [4.69, 9.17) is 4.74 Å². The Morgan fingerprint density at radius 2 is 1.96 bits per heavy atom. The molecule has 0 fully saturated rings. The van der Waals surface area contributed by atoms with Gasteiger partial charge in [0.25, 0.3) is 5.91 Å². The number of fused-ring (bicyclic) bond motifs is 1. The van der Waals surface area contributed by atoms with Crippen LogP contribution in [-0.2, 0) is 12.0 Å². The second-order valence-corrected chi connectivity index (χ2v) is 7.03. The van der Waals surface area contributed by atoms with Gasteiger partial charge < -0.3 is 20.1 Å². The highest BCUT2D eigenvalue weighted by atomic mass is 16.5. The minimum atomic E-state index is -1.04. The Morgan fingerprint density at radius 1 is 1.23 bits per heavy atom. The molecule has 1 aliphatic rings. The number of carbonyl (C=O) groups is 1. The molecule has 5 heteroatoms. The average molecular weight is 354 g/mol. The van der Waals surface area contributed by atoms with E-state index >= 15 is 0 Å². The summed E-state index contributed by atoms with van der Waals surface area (Å²) in [4.78, 5) is 14.5. The first-order valence-corrected chi connectivity index (χ1v) is 8.88. The fourth-order valence-corrected chi connectivity index (χ4v) is 3.49. The normalized spacial score (nSPS) is 18.8. The van der Waals surface area contributed by atoms with Gasteiger partial charge in [-0.2, -0.15) is 0 Å². The number of aryl methyl sites for hydroxylation is 1. The standard InChI is InChI=1S/C21H26N2O3/c1-23(2)17-8-6-15(7-9-17)20(24)22-14-21(25)12-4-5-16-13-18(26-3)10-11-19(16)21/h6-11,13,25H,4-5,12,14H2,1-3H3,(H,22,24). The third-order valence-electron chi connectivity index (χ3n) is 5.04. The van der Waals surface area contributed by atoms with Crippen LogP contribution in [0.1, 0.15) is 34.3 Å². The van der Waals surface area contributed by atoms with Crippen molar-refractivity contribution in [3.63, 3.8) is 0 Å². The van der Waals surface area contributed by atoms with Crippen LogP contribution < -0.4 is 15.0 Å². The molecule has 0 saturated carbocycles. The molecule has 5 nitrogen and oxygen atoms in total. The summed E-state index contributed by atoms with van der Waals surface area (Å²) in [6.07, 6.45) is 2.42. The number of carbonyl (C=O) groups excluding carboxylic acids is 1. The van der Waals surface area contributed by atoms with E-state index < -0.39 is 5.60 Å². The fourth-order valence-electron chi connectivity index (χ4n) is 3.49. The summed E-state index contributed by atoms with van der Waals surface area (Å²) < 4.78 is 5.28. The minimum Gasteiger partial charge on any atom is -0.497 e. The Balaban J connectivity index is 1.72. The first kappa shape index (κ1) is 18.3. The molecule has 26 heavy (non-hydrogen) atoms. The number of ether oxygens (including phenoxy) is 1. The van der Waals surface area contributed by atoms with Gasteiger partial charge in [-0.1, -0.05) is 6.07 Å². The lowest BCUT2D eigenvalue weighted by Crippen LogP contribution is -2.43. The molecular formula is C21H26N2O3. The van der Waals surface area contributed by atoms with E-state index in [2.05, 4.69) is 5.32 Å². The van der Waals surface area contributed by atoms with Crippen LogP contribution in [0.2, 0.25) is 0 Å². The van der Waals surface area contributed by atoms with Crippen LogP contribution in [0.5, 0.6) is 5.75 Å². The molecule has 2 aromatic rings. The molecule has 0 aromatic heterocycles. The monoisotopic (exact) mass is 354 g/mol. The van der Waals surface area contributed by atoms with Crippen LogP contribution in [0.25, 0.3) is 0 Å². The summed E-state index contributed by atoms with van der Waals surface area (Å²) in [5.41, 5.74) is 2.55. The minimum absolute atomic E-state index is 0.177. The van der Waals surface area contributed by atoms with Gasteiger partial charge in [-0.15, -0.1) is 0 Å². The summed E-state index contributed by atoms with van der Waals surface area (Å²) in [5, 5.41) is 14.0. The highest BCUT2D eigenvalue weighted by molar-refractivity contribution is 5.94. The van der Waals surface area contributed by atoms with Crippen molar-refractivity contribution in [3.8, 4) is 5.75 Å². The Hall–Kier alpha value is -2.53. The van der Waals surface area contributed by atoms with E-state index in [0.29, 0.717) is 12.0 Å². The summed E-state index contributed by atoms with van der Waals surface area (Å²) >= 11 is 0. The SMILES string of the molecule is COc1ccc2c(c1)CCCC2(O)CNC(=O)c1ccc(N(C)C)cc1. The van der Waals surface area contributed by atoms with E-state index in [1.165, 1.54) is 0 Å². The number of nitrogens with one attached hydrogen (secondary N) is 1. The van der Waals surface area contributed by atoms with Crippen LogP contribution in [0.4, 0.5) is 5.69 Å². The van der Waals surface area contributed by atoms with Crippen molar-refractivity contribution in [2.45, 2.75) is 24.9 Å². The van der Waals surface area contributed by atoms with Gasteiger partial charge in [-0.05, 0) is 66.8 Å². The lowest BCUT2D eigenvalue weighted by Gasteiger charge is -2.35. The van der Waals surface area contributed by atoms with Crippen molar-refractivity contribution < 1.29 is 14.6 Å². The number of hydrogen-bond donors (Lipinski definition) is 2. The Labute approximate surface area is 154 Å². The van der Waals surface area contributed by atoms with E-state index in [1.807, 2.05) is 49.3 Å². The molecule has 3 rings (SSSR count). The molecule has 0 heterocycles. The second-order valence-electron chi connectivity index (χ2n) is 7.03. The number of amides is 1. The zero-order valence-corrected chi connectivity index (χ0v) is 15.6.